The summed E-state index contributed by atoms with van der Waals surface area (Å²) in [6.07, 6.45) is -1.41. The fourth-order valence-corrected chi connectivity index (χ4v) is 5.91. The Morgan fingerprint density at radius 1 is 1.08 bits per heavy atom. The molecular formula is C29H31NO6U. The summed E-state index contributed by atoms with van der Waals surface area (Å²) < 4.78 is 17.9. The monoisotopic (exact) mass is 727 g/mol. The Bertz CT molecular complexity index is 1260. The molecule has 5 rings (SSSR count). The maximum absolute atomic E-state index is 12.7. The van der Waals surface area contributed by atoms with Crippen molar-refractivity contribution in [3.05, 3.63) is 96.9 Å². The number of likely N-dealkylation sites (N-methyl/N-ethyl adjacent to an activating group) is 1. The standard InChI is InChI=1S/C28H28NO6.CH3.U/c1-17(30)29(2)25-23(18-11-7-5-8-12-18)28(19-13-9-6-10-14-19)27(32,26(25)31)24-21(34-4)15-20(33-3)16-22(24)35-28;;/h5,7-16,23,25-26,31-32H,1-4H3;1H3;/q2*-1;+2/t23-,25-,26-,27+,28+;;/m1../s1. The summed E-state index contributed by atoms with van der Waals surface area (Å²) in [5.41, 5.74) is -1.67. The maximum atomic E-state index is 12.7. The summed E-state index contributed by atoms with van der Waals surface area (Å²) in [6.45, 7) is 1.44. The van der Waals surface area contributed by atoms with Crippen LogP contribution in [0.2, 0.25) is 0 Å². The third-order valence-corrected chi connectivity index (χ3v) is 7.49. The number of amides is 1. The maximum Gasteiger partial charge on any atom is 2.00 e. The molecule has 192 valence electrons. The van der Waals surface area contributed by atoms with Crippen LogP contribution in [0.5, 0.6) is 17.2 Å². The number of fused-ring (bicyclic) bond motifs is 3. The summed E-state index contributed by atoms with van der Waals surface area (Å²) in [6, 6.07) is 22.2. The molecule has 7 nitrogen and oxygen atoms in total. The number of rotatable bonds is 5. The van der Waals surface area contributed by atoms with Crippen LogP contribution in [0.4, 0.5) is 0 Å². The van der Waals surface area contributed by atoms with E-state index in [4.69, 9.17) is 14.2 Å². The van der Waals surface area contributed by atoms with Gasteiger partial charge in [0, 0.05) is 26.1 Å². The molecule has 2 N–H and O–H groups in total. The first-order valence-electron chi connectivity index (χ1n) is 11.4. The molecule has 37 heavy (non-hydrogen) atoms. The second-order valence-corrected chi connectivity index (χ2v) is 9.05. The summed E-state index contributed by atoms with van der Waals surface area (Å²) in [7, 11) is 4.66. The van der Waals surface area contributed by atoms with Gasteiger partial charge in [0.05, 0.1) is 31.7 Å². The number of nitrogens with zero attached hydrogens (tertiary/aromatic N) is 1. The molecule has 0 unspecified atom stereocenters. The third kappa shape index (κ3) is 3.97. The fraction of sp³-hybridized carbons (Fsp3) is 0.310. The van der Waals surface area contributed by atoms with Crippen molar-refractivity contribution >= 4 is 5.91 Å². The van der Waals surface area contributed by atoms with Gasteiger partial charge >= 0.3 is 31.1 Å². The van der Waals surface area contributed by atoms with Crippen molar-refractivity contribution in [1.82, 2.24) is 4.90 Å². The molecular weight excluding hydrogens is 696 g/mol. The van der Waals surface area contributed by atoms with Gasteiger partial charge in [0.1, 0.15) is 23.4 Å². The zero-order valence-corrected chi connectivity index (χ0v) is 25.7. The van der Waals surface area contributed by atoms with Gasteiger partial charge in [0.25, 0.3) is 0 Å². The molecule has 3 aromatic rings. The molecule has 1 amide bonds. The van der Waals surface area contributed by atoms with Crippen molar-refractivity contribution in [3.8, 4) is 17.2 Å². The Labute approximate surface area is 241 Å². The van der Waals surface area contributed by atoms with E-state index in [0.29, 0.717) is 28.4 Å². The van der Waals surface area contributed by atoms with Gasteiger partial charge in [-0.3, -0.25) is 4.79 Å². The average molecular weight is 728 g/mol. The Morgan fingerprint density at radius 3 is 2.30 bits per heavy atom. The molecule has 1 heterocycles. The SMILES string of the molecule is COc1cc(OC)c2c(c1)O[C@@]1(c3cc[c-]cc3)[C@H](c3ccccc3)[C@@H](N(C)C(C)=O)[C@@H](O)[C@@]21O.[CH3-].[U+2]. The van der Waals surface area contributed by atoms with Crippen molar-refractivity contribution in [3.63, 3.8) is 0 Å². The van der Waals surface area contributed by atoms with Crippen LogP contribution in [0.3, 0.4) is 0 Å². The third-order valence-electron chi connectivity index (χ3n) is 7.49. The molecule has 0 bridgehead atoms. The molecule has 0 spiro atoms. The molecule has 1 aliphatic heterocycles. The van der Waals surface area contributed by atoms with Crippen LogP contribution in [0.1, 0.15) is 29.5 Å². The first-order chi connectivity index (χ1) is 16.8. The zero-order valence-electron chi connectivity index (χ0n) is 21.6. The number of carbonyl (C=O) groups excluding carboxylic acids is 1. The van der Waals surface area contributed by atoms with Crippen molar-refractivity contribution in [2.75, 3.05) is 21.3 Å². The largest absolute Gasteiger partial charge is 2.00 e. The number of ether oxygens (including phenoxy) is 3. The smallest absolute Gasteiger partial charge is 0.496 e. The molecule has 0 aromatic heterocycles. The molecule has 1 fully saturated rings. The van der Waals surface area contributed by atoms with Crippen LogP contribution in [0.15, 0.2) is 66.7 Å². The van der Waals surface area contributed by atoms with Crippen LogP contribution in [-0.4, -0.2) is 54.4 Å². The summed E-state index contributed by atoms with van der Waals surface area (Å²) >= 11 is 0. The number of hydrogen-bond donors (Lipinski definition) is 2. The number of benzene rings is 3. The van der Waals surface area contributed by atoms with E-state index < -0.39 is 29.3 Å². The molecule has 1 aliphatic carbocycles. The minimum atomic E-state index is -1.96. The summed E-state index contributed by atoms with van der Waals surface area (Å²) in [5, 5.41) is 24.7. The van der Waals surface area contributed by atoms with Gasteiger partial charge in [-0.25, -0.2) is 0 Å². The first-order valence-corrected chi connectivity index (χ1v) is 11.4. The summed E-state index contributed by atoms with van der Waals surface area (Å²) in [5.74, 6) is 0.285. The van der Waals surface area contributed by atoms with E-state index in [9.17, 15) is 15.0 Å². The van der Waals surface area contributed by atoms with Crippen LogP contribution in [0, 0.1) is 44.6 Å². The van der Waals surface area contributed by atoms with E-state index in [1.165, 1.54) is 26.0 Å². The van der Waals surface area contributed by atoms with E-state index in [1.54, 1.807) is 31.3 Å². The minimum Gasteiger partial charge on any atom is -0.496 e. The number of aliphatic hydroxyl groups excluding tert-OH is 1. The Hall–Kier alpha value is -2.50. The van der Waals surface area contributed by atoms with Gasteiger partial charge < -0.3 is 36.8 Å². The normalized spacial score (nSPS) is 27.0. The van der Waals surface area contributed by atoms with E-state index in [-0.39, 0.29) is 44.4 Å². The number of aliphatic hydroxyl groups is 2. The van der Waals surface area contributed by atoms with Gasteiger partial charge in [0.2, 0.25) is 5.91 Å². The zero-order chi connectivity index (χ0) is 25.0. The van der Waals surface area contributed by atoms with Gasteiger partial charge in [0.15, 0.2) is 11.2 Å². The summed E-state index contributed by atoms with van der Waals surface area (Å²) in [4.78, 5) is 14.1. The van der Waals surface area contributed by atoms with Crippen LogP contribution >= 0.6 is 0 Å². The molecule has 3 aromatic carbocycles. The van der Waals surface area contributed by atoms with E-state index in [0.717, 1.165) is 5.56 Å². The van der Waals surface area contributed by atoms with Crippen molar-refractivity contribution in [1.29, 1.82) is 0 Å². The second-order valence-electron chi connectivity index (χ2n) is 9.05. The number of carbonyl (C=O) groups is 1. The van der Waals surface area contributed by atoms with Gasteiger partial charge in [-0.15, -0.1) is 5.56 Å². The van der Waals surface area contributed by atoms with Gasteiger partial charge in [-0.05, 0) is 5.56 Å². The Balaban J connectivity index is 0.00000190. The van der Waals surface area contributed by atoms with Crippen LogP contribution in [0.25, 0.3) is 0 Å². The second kappa shape index (κ2) is 10.7. The molecule has 1 saturated carbocycles. The van der Waals surface area contributed by atoms with Crippen molar-refractivity contribution < 1.29 is 60.3 Å². The predicted molar refractivity (Wildman–Crippen MR) is 135 cm³/mol. The number of methoxy groups -OCH3 is 2. The molecule has 2 aliphatic rings. The number of hydrogen-bond acceptors (Lipinski definition) is 6. The fourth-order valence-electron chi connectivity index (χ4n) is 5.91. The van der Waals surface area contributed by atoms with Crippen molar-refractivity contribution in [2.24, 2.45) is 0 Å². The average Bonchev–Trinajstić information content (AvgIpc) is 3.26. The van der Waals surface area contributed by atoms with Crippen molar-refractivity contribution in [2.45, 2.75) is 36.2 Å². The molecule has 5 atom stereocenters. The van der Waals surface area contributed by atoms with Crippen LogP contribution in [-0.2, 0) is 16.0 Å². The Kier molecular flexibility index (Phi) is 8.41. The van der Waals surface area contributed by atoms with E-state index in [1.807, 2.05) is 42.5 Å². The molecule has 8 heteroatoms. The topological polar surface area (TPSA) is 88.5 Å². The van der Waals surface area contributed by atoms with E-state index >= 15 is 0 Å². The first kappa shape index (κ1) is 29.1. The Morgan fingerprint density at radius 2 is 1.73 bits per heavy atom. The van der Waals surface area contributed by atoms with Crippen LogP contribution < -0.4 is 14.2 Å². The quantitative estimate of drug-likeness (QED) is 0.392. The predicted octanol–water partition coefficient (Wildman–Crippen LogP) is 3.43. The minimum absolute atomic E-state index is 0. The molecule has 0 radical (unpaired) electrons. The molecule has 0 saturated heterocycles. The van der Waals surface area contributed by atoms with Gasteiger partial charge in [-0.1, -0.05) is 30.3 Å². The van der Waals surface area contributed by atoms with E-state index in [2.05, 4.69) is 6.07 Å². The van der Waals surface area contributed by atoms with Gasteiger partial charge in [-0.2, -0.15) is 30.3 Å².